The van der Waals surface area contributed by atoms with Crippen LogP contribution in [0.15, 0.2) is 12.7 Å². The summed E-state index contributed by atoms with van der Waals surface area (Å²) in [4.78, 5) is 2.48. The summed E-state index contributed by atoms with van der Waals surface area (Å²) in [6.45, 7) is 6.22. The number of allylic oxidation sites excluding steroid dienone is 1. The summed E-state index contributed by atoms with van der Waals surface area (Å²) < 4.78 is 0. The summed E-state index contributed by atoms with van der Waals surface area (Å²) >= 11 is 0. The van der Waals surface area contributed by atoms with Crippen LogP contribution >= 0.6 is 0 Å². The molecule has 0 bridgehead atoms. The van der Waals surface area contributed by atoms with E-state index in [1.54, 1.807) is 0 Å². The van der Waals surface area contributed by atoms with Gasteiger partial charge in [-0.2, -0.15) is 0 Å². The van der Waals surface area contributed by atoms with E-state index in [-0.39, 0.29) is 0 Å². The van der Waals surface area contributed by atoms with Crippen LogP contribution in [0.5, 0.6) is 0 Å². The Morgan fingerprint density at radius 2 is 2.00 bits per heavy atom. The first-order valence-electron chi connectivity index (χ1n) is 7.52. The molecular formula is C16H32N2. The minimum atomic E-state index is 0.364. The number of likely N-dealkylation sites (N-methyl/N-ethyl adjacent to an activating group) is 2. The summed E-state index contributed by atoms with van der Waals surface area (Å²) in [6, 6.07) is 0.611. The smallest absolute Gasteiger partial charge is 0.0356 e. The molecule has 1 fully saturated rings. The predicted octanol–water partition coefficient (Wildman–Crippen LogP) is 3.44. The molecular weight excluding hydrogens is 220 g/mol. The Balaban J connectivity index is 2.71. The first-order chi connectivity index (χ1) is 8.56. The number of hydrogen-bond donors (Lipinski definition) is 1. The van der Waals surface area contributed by atoms with Gasteiger partial charge >= 0.3 is 0 Å². The fourth-order valence-electron chi connectivity index (χ4n) is 3.52. The second kappa shape index (κ2) is 7.30. The quantitative estimate of drug-likeness (QED) is 0.551. The molecule has 1 aliphatic rings. The average Bonchev–Trinajstić information content (AvgIpc) is 2.36. The van der Waals surface area contributed by atoms with Crippen molar-refractivity contribution in [3.8, 4) is 0 Å². The highest BCUT2D eigenvalue weighted by Crippen LogP contribution is 2.39. The van der Waals surface area contributed by atoms with Gasteiger partial charge in [0.05, 0.1) is 0 Å². The zero-order valence-corrected chi connectivity index (χ0v) is 12.8. The van der Waals surface area contributed by atoms with Crippen molar-refractivity contribution in [1.82, 2.24) is 10.2 Å². The van der Waals surface area contributed by atoms with E-state index in [0.717, 1.165) is 12.3 Å². The lowest BCUT2D eigenvalue weighted by atomic mass is 9.71. The Kier molecular flexibility index (Phi) is 6.37. The SMILES string of the molecule is C=CCCCC(NC)C1(N(C)C)CCC(C)CC1. The molecule has 2 nitrogen and oxygen atoms in total. The zero-order chi connectivity index (χ0) is 13.6. The van der Waals surface area contributed by atoms with E-state index in [2.05, 4.69) is 44.9 Å². The maximum absolute atomic E-state index is 3.83. The first-order valence-corrected chi connectivity index (χ1v) is 7.52. The third kappa shape index (κ3) is 3.58. The van der Waals surface area contributed by atoms with Crippen LogP contribution in [0.25, 0.3) is 0 Å². The largest absolute Gasteiger partial charge is 0.315 e. The van der Waals surface area contributed by atoms with Gasteiger partial charge in [0.15, 0.2) is 0 Å². The summed E-state index contributed by atoms with van der Waals surface area (Å²) in [7, 11) is 6.64. The zero-order valence-electron chi connectivity index (χ0n) is 12.8. The lowest BCUT2D eigenvalue weighted by Crippen LogP contribution is -2.59. The molecule has 1 atom stereocenters. The third-order valence-corrected chi connectivity index (χ3v) is 4.93. The summed E-state index contributed by atoms with van der Waals surface area (Å²) in [5, 5.41) is 3.59. The van der Waals surface area contributed by atoms with Crippen LogP contribution in [0.3, 0.4) is 0 Å². The van der Waals surface area contributed by atoms with E-state index in [1.807, 2.05) is 6.08 Å². The van der Waals surface area contributed by atoms with Gasteiger partial charge in [-0.3, -0.25) is 0 Å². The standard InChI is InChI=1S/C16H32N2/c1-6-7-8-9-15(17-3)16(18(4)5)12-10-14(2)11-13-16/h6,14-15,17H,1,7-13H2,2-5H3. The van der Waals surface area contributed by atoms with Crippen molar-refractivity contribution in [2.24, 2.45) is 5.92 Å². The monoisotopic (exact) mass is 252 g/mol. The van der Waals surface area contributed by atoms with Gasteiger partial charge in [-0.25, -0.2) is 0 Å². The number of nitrogens with zero attached hydrogens (tertiary/aromatic N) is 1. The van der Waals surface area contributed by atoms with Crippen molar-refractivity contribution in [1.29, 1.82) is 0 Å². The lowest BCUT2D eigenvalue weighted by Gasteiger charge is -2.50. The highest BCUT2D eigenvalue weighted by Gasteiger charge is 2.41. The van der Waals surface area contributed by atoms with Gasteiger partial charge in [0.25, 0.3) is 0 Å². The molecule has 0 aromatic rings. The molecule has 0 amide bonds. The fraction of sp³-hybridized carbons (Fsp3) is 0.875. The number of nitrogens with one attached hydrogen (secondary N) is 1. The Labute approximate surface area is 114 Å². The van der Waals surface area contributed by atoms with Crippen LogP contribution in [-0.2, 0) is 0 Å². The van der Waals surface area contributed by atoms with Crippen LogP contribution < -0.4 is 5.32 Å². The average molecular weight is 252 g/mol. The molecule has 18 heavy (non-hydrogen) atoms. The van der Waals surface area contributed by atoms with Crippen LogP contribution in [0.2, 0.25) is 0 Å². The van der Waals surface area contributed by atoms with Gasteiger partial charge in [0.1, 0.15) is 0 Å². The van der Waals surface area contributed by atoms with E-state index in [1.165, 1.54) is 38.5 Å². The van der Waals surface area contributed by atoms with Crippen LogP contribution in [0, 0.1) is 5.92 Å². The Morgan fingerprint density at radius 1 is 1.39 bits per heavy atom. The fourth-order valence-corrected chi connectivity index (χ4v) is 3.52. The second-order valence-corrected chi connectivity index (χ2v) is 6.24. The first kappa shape index (κ1) is 15.7. The molecule has 0 aromatic heterocycles. The molecule has 106 valence electrons. The van der Waals surface area contributed by atoms with Crippen molar-refractivity contribution in [2.45, 2.75) is 63.5 Å². The molecule has 0 aromatic carbocycles. The van der Waals surface area contributed by atoms with Gasteiger partial charge in [-0.15, -0.1) is 6.58 Å². The summed E-state index contributed by atoms with van der Waals surface area (Å²) in [6.07, 6.45) is 11.1. The lowest BCUT2D eigenvalue weighted by molar-refractivity contribution is 0.0424. The number of hydrogen-bond acceptors (Lipinski definition) is 2. The van der Waals surface area contributed by atoms with Crippen molar-refractivity contribution < 1.29 is 0 Å². The summed E-state index contributed by atoms with van der Waals surface area (Å²) in [5.74, 6) is 0.906. The normalized spacial score (nSPS) is 30.4. The minimum Gasteiger partial charge on any atom is -0.315 e. The van der Waals surface area contributed by atoms with Gasteiger partial charge in [0.2, 0.25) is 0 Å². The topological polar surface area (TPSA) is 15.3 Å². The van der Waals surface area contributed by atoms with Crippen LogP contribution in [0.4, 0.5) is 0 Å². The Bertz CT molecular complexity index is 239. The Hall–Kier alpha value is -0.340. The molecule has 0 spiro atoms. The van der Waals surface area contributed by atoms with Crippen molar-refractivity contribution in [3.05, 3.63) is 12.7 Å². The molecule has 0 heterocycles. The Morgan fingerprint density at radius 3 is 2.44 bits per heavy atom. The maximum atomic E-state index is 3.83. The molecule has 0 aliphatic heterocycles. The predicted molar refractivity (Wildman–Crippen MR) is 80.9 cm³/mol. The molecule has 1 aliphatic carbocycles. The van der Waals surface area contributed by atoms with Crippen molar-refractivity contribution in [2.75, 3.05) is 21.1 Å². The highest BCUT2D eigenvalue weighted by molar-refractivity contribution is 5.01. The second-order valence-electron chi connectivity index (χ2n) is 6.24. The van der Waals surface area contributed by atoms with E-state index in [4.69, 9.17) is 0 Å². The molecule has 1 N–H and O–H groups in total. The third-order valence-electron chi connectivity index (χ3n) is 4.93. The number of unbranched alkanes of at least 4 members (excludes halogenated alkanes) is 1. The minimum absolute atomic E-state index is 0.364. The summed E-state index contributed by atoms with van der Waals surface area (Å²) in [5.41, 5.74) is 0.364. The van der Waals surface area contributed by atoms with Crippen LogP contribution in [-0.4, -0.2) is 37.6 Å². The van der Waals surface area contributed by atoms with E-state index < -0.39 is 0 Å². The van der Waals surface area contributed by atoms with Crippen LogP contribution in [0.1, 0.15) is 51.9 Å². The molecule has 0 radical (unpaired) electrons. The molecule has 0 saturated heterocycles. The maximum Gasteiger partial charge on any atom is 0.0356 e. The van der Waals surface area contributed by atoms with E-state index >= 15 is 0 Å². The number of rotatable bonds is 7. The van der Waals surface area contributed by atoms with Gasteiger partial charge in [-0.1, -0.05) is 13.0 Å². The van der Waals surface area contributed by atoms with Crippen molar-refractivity contribution >= 4 is 0 Å². The van der Waals surface area contributed by atoms with E-state index in [0.29, 0.717) is 11.6 Å². The molecule has 1 unspecified atom stereocenters. The van der Waals surface area contributed by atoms with Gasteiger partial charge < -0.3 is 10.2 Å². The highest BCUT2D eigenvalue weighted by atomic mass is 15.2. The molecule has 1 rings (SSSR count). The van der Waals surface area contributed by atoms with Gasteiger partial charge in [-0.05, 0) is 72.0 Å². The van der Waals surface area contributed by atoms with Gasteiger partial charge in [0, 0.05) is 11.6 Å². The molecule has 1 saturated carbocycles. The van der Waals surface area contributed by atoms with E-state index in [9.17, 15) is 0 Å². The molecule has 2 heteroatoms. The van der Waals surface area contributed by atoms with Crippen molar-refractivity contribution in [3.63, 3.8) is 0 Å².